The van der Waals surface area contributed by atoms with E-state index >= 15 is 0 Å². The molecule has 4 heteroatoms. The first-order valence-corrected chi connectivity index (χ1v) is 1.15. The summed E-state index contributed by atoms with van der Waals surface area (Å²) in [6.45, 7) is 0. The fourth-order valence-electron chi connectivity index (χ4n) is 0. The van der Waals surface area contributed by atoms with Crippen LogP contribution in [0.1, 0.15) is 0 Å². The molecule has 0 unspecified atom stereocenters. The molecule has 0 aromatic carbocycles. The summed E-state index contributed by atoms with van der Waals surface area (Å²) >= 11 is 2.10. The Labute approximate surface area is 31.9 Å². The second kappa shape index (κ2) is 2.84. The van der Waals surface area contributed by atoms with E-state index in [4.69, 9.17) is 5.53 Å². The predicted octanol–water partition coefficient (Wildman–Crippen LogP) is 0.759. The van der Waals surface area contributed by atoms with E-state index in [0.29, 0.717) is 0 Å². The van der Waals surface area contributed by atoms with E-state index in [1.807, 2.05) is 0 Å². The maximum absolute atomic E-state index is 7.30. The van der Waals surface area contributed by atoms with Gasteiger partial charge < -0.3 is 0 Å². The van der Waals surface area contributed by atoms with Crippen molar-refractivity contribution in [1.82, 2.24) is 0 Å². The summed E-state index contributed by atoms with van der Waals surface area (Å²) in [4.78, 5) is 2.31. The first-order chi connectivity index (χ1) is 1.91. The van der Waals surface area contributed by atoms with Gasteiger partial charge in [0.15, 0.2) is 0 Å². The Kier molecular flexibility index (Phi) is 2.73. The molecule has 0 aliphatic carbocycles. The molecule has 0 aliphatic heterocycles. The molecule has 0 saturated heterocycles. The summed E-state index contributed by atoms with van der Waals surface area (Å²) in [5.41, 5.74) is 7.30. The summed E-state index contributed by atoms with van der Waals surface area (Å²) in [5.74, 6) is 0. The van der Waals surface area contributed by atoms with Gasteiger partial charge in [-0.2, -0.15) is 0 Å². The van der Waals surface area contributed by atoms with Gasteiger partial charge in [-0.1, -0.05) is 0 Å². The van der Waals surface area contributed by atoms with Crippen LogP contribution in [0.4, 0.5) is 0 Å². The molecule has 0 fully saturated rings. The van der Waals surface area contributed by atoms with E-state index in [1.54, 1.807) is 0 Å². The second-order valence-electron chi connectivity index (χ2n) is 0.171. The summed E-state index contributed by atoms with van der Waals surface area (Å²) in [7, 11) is 0. The molecule has 0 amide bonds. The fraction of sp³-hybridized carbons (Fsp3) is 0. The molecule has 0 atom stereocenters. The Morgan fingerprint density at radius 1 is 2.00 bits per heavy atom. The standard InChI is InChI=1S/Cr.N3/c;1-3-2/q+1;-1. The van der Waals surface area contributed by atoms with Crippen molar-refractivity contribution in [3.8, 4) is 0 Å². The monoisotopic (exact) mass is 93.9 g/mol. The Bertz CT molecular complexity index is 41.2. The van der Waals surface area contributed by atoms with Crippen LogP contribution in [0.3, 0.4) is 0 Å². The molecule has 0 heterocycles. The quantitative estimate of drug-likeness (QED) is 0.241. The first kappa shape index (κ1) is 3.84. The Morgan fingerprint density at radius 2 is 2.25 bits per heavy atom. The van der Waals surface area contributed by atoms with E-state index in [2.05, 4.69) is 25.5 Å². The van der Waals surface area contributed by atoms with Crippen LogP contribution in [0.15, 0.2) is 4.10 Å². The molecular formula is CrN3. The zero-order valence-electron chi connectivity index (χ0n) is 1.75. The zero-order valence-corrected chi connectivity index (χ0v) is 3.02. The van der Waals surface area contributed by atoms with Gasteiger partial charge in [-0.15, -0.1) is 0 Å². The van der Waals surface area contributed by atoms with E-state index in [9.17, 15) is 0 Å². The number of nitrogens with zero attached hydrogens (tertiary/aromatic N) is 3. The molecule has 0 saturated carbocycles. The van der Waals surface area contributed by atoms with Gasteiger partial charge in [0.1, 0.15) is 0 Å². The van der Waals surface area contributed by atoms with Crippen LogP contribution in [-0.2, 0) is 16.5 Å². The number of rotatable bonds is 0. The average molecular weight is 94.0 g/mol. The summed E-state index contributed by atoms with van der Waals surface area (Å²) < 4.78 is 2.79. The Balaban J connectivity index is 3.11. The maximum atomic E-state index is 7.30. The van der Waals surface area contributed by atoms with Gasteiger partial charge in [0.2, 0.25) is 0 Å². The zero-order chi connectivity index (χ0) is 3.41. The summed E-state index contributed by atoms with van der Waals surface area (Å²) in [5, 5.41) is 0. The van der Waals surface area contributed by atoms with Crippen LogP contribution in [0.2, 0.25) is 0 Å². The van der Waals surface area contributed by atoms with Crippen molar-refractivity contribution >= 4 is 0 Å². The molecule has 0 spiro atoms. The second-order valence-corrected chi connectivity index (χ2v) is 0.426. The van der Waals surface area contributed by atoms with E-state index in [-0.39, 0.29) is 0 Å². The molecule has 0 bridgehead atoms. The Morgan fingerprint density at radius 3 is 2.25 bits per heavy atom. The van der Waals surface area contributed by atoms with Gasteiger partial charge in [-0.25, -0.2) is 0 Å². The molecule has 0 radical (unpaired) electrons. The SMILES string of the molecule is [N-]=[N+]=[N][Cr]. The van der Waals surface area contributed by atoms with Crippen LogP contribution in [0.25, 0.3) is 10.4 Å². The minimum absolute atomic E-state index is 2.10. The van der Waals surface area contributed by atoms with Crippen molar-refractivity contribution in [2.45, 2.75) is 0 Å². The molecule has 0 aromatic heterocycles. The first-order valence-electron chi connectivity index (χ1n) is 0.583. The molecule has 0 rings (SSSR count). The summed E-state index contributed by atoms with van der Waals surface area (Å²) in [6, 6.07) is 0. The van der Waals surface area contributed by atoms with Crippen LogP contribution < -0.4 is 0 Å². The van der Waals surface area contributed by atoms with Gasteiger partial charge in [-0.3, -0.25) is 0 Å². The van der Waals surface area contributed by atoms with Crippen molar-refractivity contribution in [2.24, 2.45) is 4.10 Å². The molecule has 4 heavy (non-hydrogen) atoms. The van der Waals surface area contributed by atoms with Gasteiger partial charge >= 0.3 is 31.1 Å². The number of azide groups is 1. The van der Waals surface area contributed by atoms with Gasteiger partial charge in [0.25, 0.3) is 0 Å². The van der Waals surface area contributed by atoms with Gasteiger partial charge in [0, 0.05) is 0 Å². The Hall–Kier alpha value is -0.158. The van der Waals surface area contributed by atoms with Crippen molar-refractivity contribution in [2.75, 3.05) is 0 Å². The van der Waals surface area contributed by atoms with Crippen molar-refractivity contribution in [1.29, 1.82) is 0 Å². The van der Waals surface area contributed by atoms with Crippen molar-refractivity contribution in [3.63, 3.8) is 0 Å². The topological polar surface area (TPSA) is 48.8 Å². The van der Waals surface area contributed by atoms with Gasteiger partial charge in [-0.05, 0) is 0 Å². The molecular weight excluding hydrogens is 94.0 g/mol. The van der Waals surface area contributed by atoms with E-state index in [1.165, 1.54) is 0 Å². The van der Waals surface area contributed by atoms with Crippen LogP contribution in [0.5, 0.6) is 0 Å². The van der Waals surface area contributed by atoms with E-state index < -0.39 is 0 Å². The third kappa shape index (κ3) is 1.84. The van der Waals surface area contributed by atoms with Crippen LogP contribution in [0, 0.1) is 0 Å². The molecule has 21 valence electrons. The van der Waals surface area contributed by atoms with Crippen LogP contribution >= 0.6 is 0 Å². The molecule has 0 aliphatic rings. The molecule has 0 aromatic rings. The number of hydrogen-bond donors (Lipinski definition) is 0. The molecule has 0 N–H and O–H groups in total. The molecule has 3 nitrogen and oxygen atoms in total. The third-order valence-corrected chi connectivity index (χ3v) is 0.151. The van der Waals surface area contributed by atoms with Gasteiger partial charge in [0.05, 0.1) is 0 Å². The normalized spacial score (nSPS) is 4.00. The fourth-order valence-corrected chi connectivity index (χ4v) is 0. The minimum atomic E-state index is 2.10. The number of hydrogen-bond acceptors (Lipinski definition) is 1. The van der Waals surface area contributed by atoms with E-state index in [0.717, 1.165) is 0 Å². The predicted molar refractivity (Wildman–Crippen MR) is 9.15 cm³/mol. The van der Waals surface area contributed by atoms with Crippen molar-refractivity contribution < 1.29 is 16.5 Å². The third-order valence-electron chi connectivity index (χ3n) is 0.0365. The summed E-state index contributed by atoms with van der Waals surface area (Å²) in [6.07, 6.45) is 0. The average Bonchev–Trinajstić information content (AvgIpc) is 1.37. The van der Waals surface area contributed by atoms with Crippen LogP contribution in [-0.4, -0.2) is 0 Å². The van der Waals surface area contributed by atoms with Crippen molar-refractivity contribution in [3.05, 3.63) is 10.4 Å².